The van der Waals surface area contributed by atoms with Crippen molar-refractivity contribution in [1.82, 2.24) is 5.32 Å². The number of aliphatic carboxylic acids is 1. The molecule has 0 atom stereocenters. The van der Waals surface area contributed by atoms with Crippen molar-refractivity contribution in [3.63, 3.8) is 0 Å². The predicted molar refractivity (Wildman–Crippen MR) is 67.5 cm³/mol. The van der Waals surface area contributed by atoms with Crippen molar-refractivity contribution in [2.24, 2.45) is 5.41 Å². The molecule has 3 amide bonds. The Hall–Kier alpha value is -1.89. The Morgan fingerprint density at radius 2 is 2.06 bits per heavy atom. The summed E-state index contributed by atoms with van der Waals surface area (Å²) in [5.74, 6) is -1.72. The van der Waals surface area contributed by atoms with Crippen molar-refractivity contribution >= 4 is 34.9 Å². The first-order chi connectivity index (χ1) is 8.31. The maximum absolute atomic E-state index is 11.5. The Morgan fingerprint density at radius 3 is 2.56 bits per heavy atom. The van der Waals surface area contributed by atoms with Crippen molar-refractivity contribution in [3.05, 3.63) is 16.8 Å². The number of nitrogens with one attached hydrogen (secondary N) is 2. The molecule has 98 valence electrons. The summed E-state index contributed by atoms with van der Waals surface area (Å²) in [5.41, 5.74) is -0.616. The van der Waals surface area contributed by atoms with Crippen LogP contribution in [0.15, 0.2) is 16.8 Å². The molecule has 0 saturated carbocycles. The highest BCUT2D eigenvalue weighted by Gasteiger charge is 2.30. The molecule has 1 aromatic rings. The first kappa shape index (κ1) is 14.2. The first-order valence-electron chi connectivity index (χ1n) is 5.18. The third-order valence-corrected chi connectivity index (χ3v) is 2.90. The summed E-state index contributed by atoms with van der Waals surface area (Å²) in [6.45, 7) is 2.84. The lowest BCUT2D eigenvalue weighted by molar-refractivity contribution is -0.149. The quantitative estimate of drug-likeness (QED) is 0.778. The molecule has 0 unspecified atom stereocenters. The van der Waals surface area contributed by atoms with Gasteiger partial charge in [-0.25, -0.2) is 4.79 Å². The maximum Gasteiger partial charge on any atom is 0.325 e. The third kappa shape index (κ3) is 4.17. The number of carboxylic acid groups (broad SMARTS) is 1. The third-order valence-electron chi connectivity index (χ3n) is 2.21. The molecule has 7 heteroatoms. The number of amides is 3. The molecule has 1 rings (SSSR count). The fraction of sp³-hybridized carbons (Fsp3) is 0.364. The monoisotopic (exact) mass is 270 g/mol. The molecule has 0 radical (unpaired) electrons. The number of hydrogen-bond acceptors (Lipinski definition) is 4. The first-order valence-corrected chi connectivity index (χ1v) is 6.12. The van der Waals surface area contributed by atoms with Gasteiger partial charge in [0.2, 0.25) is 5.91 Å². The van der Waals surface area contributed by atoms with Gasteiger partial charge in [0, 0.05) is 11.8 Å². The largest absolute Gasteiger partial charge is 0.481 e. The lowest BCUT2D eigenvalue weighted by atomic mass is 9.89. The number of hydrogen-bond donors (Lipinski definition) is 3. The van der Waals surface area contributed by atoms with Crippen LogP contribution in [0, 0.1) is 5.41 Å². The van der Waals surface area contributed by atoms with Crippen LogP contribution >= 0.6 is 11.3 Å². The minimum Gasteiger partial charge on any atom is -0.481 e. The van der Waals surface area contributed by atoms with Crippen LogP contribution in [0.25, 0.3) is 0 Å². The van der Waals surface area contributed by atoms with Gasteiger partial charge < -0.3 is 10.4 Å². The summed E-state index contributed by atoms with van der Waals surface area (Å²) in [6, 6.07) is 1.02. The van der Waals surface area contributed by atoms with E-state index in [0.29, 0.717) is 5.69 Å². The summed E-state index contributed by atoms with van der Waals surface area (Å²) < 4.78 is 0. The second kappa shape index (κ2) is 5.63. The molecule has 0 fully saturated rings. The van der Waals surface area contributed by atoms with Gasteiger partial charge >= 0.3 is 12.0 Å². The van der Waals surface area contributed by atoms with Crippen LogP contribution in [0.4, 0.5) is 10.5 Å². The highest BCUT2D eigenvalue weighted by atomic mass is 32.1. The molecule has 0 aliphatic heterocycles. The van der Waals surface area contributed by atoms with Crippen molar-refractivity contribution < 1.29 is 19.5 Å². The molecule has 18 heavy (non-hydrogen) atoms. The number of imide groups is 1. The number of anilines is 1. The number of carboxylic acids is 1. The Bertz CT molecular complexity index is 454. The summed E-state index contributed by atoms with van der Waals surface area (Å²) in [7, 11) is 0. The molecule has 3 N–H and O–H groups in total. The Balaban J connectivity index is 2.45. The van der Waals surface area contributed by atoms with Crippen LogP contribution in [0.1, 0.15) is 20.3 Å². The van der Waals surface area contributed by atoms with E-state index < -0.39 is 23.3 Å². The molecule has 1 aromatic heterocycles. The smallest absolute Gasteiger partial charge is 0.325 e. The van der Waals surface area contributed by atoms with Crippen molar-refractivity contribution in [2.75, 3.05) is 5.32 Å². The van der Waals surface area contributed by atoms with E-state index in [4.69, 9.17) is 5.11 Å². The summed E-state index contributed by atoms with van der Waals surface area (Å²) in [5, 5.41) is 16.9. The Morgan fingerprint density at radius 1 is 1.39 bits per heavy atom. The normalized spacial score (nSPS) is 10.8. The van der Waals surface area contributed by atoms with Crippen LogP contribution in [0.3, 0.4) is 0 Å². The Labute approximate surface area is 108 Å². The lowest BCUT2D eigenvalue weighted by Crippen LogP contribution is -2.38. The lowest BCUT2D eigenvalue weighted by Gasteiger charge is -2.17. The average Bonchev–Trinajstić information content (AvgIpc) is 2.68. The fourth-order valence-corrected chi connectivity index (χ4v) is 1.73. The zero-order chi connectivity index (χ0) is 13.8. The molecular weight excluding hydrogens is 256 g/mol. The van der Waals surface area contributed by atoms with E-state index in [1.807, 2.05) is 0 Å². The van der Waals surface area contributed by atoms with Crippen molar-refractivity contribution in [2.45, 2.75) is 20.3 Å². The van der Waals surface area contributed by atoms with E-state index in [0.717, 1.165) is 0 Å². The van der Waals surface area contributed by atoms with Crippen LogP contribution in [-0.2, 0) is 9.59 Å². The average molecular weight is 270 g/mol. The second-order valence-corrected chi connectivity index (χ2v) is 5.16. The van der Waals surface area contributed by atoms with Gasteiger partial charge in [-0.2, -0.15) is 11.3 Å². The standard InChI is InChI=1S/C11H14N2O4S/c1-11(2,9(15)16)5-8(14)13-10(17)12-7-3-4-18-6-7/h3-4,6H,5H2,1-2H3,(H,15,16)(H2,12,13,14,17). The molecule has 0 aromatic carbocycles. The highest BCUT2D eigenvalue weighted by molar-refractivity contribution is 7.08. The van der Waals surface area contributed by atoms with Crippen LogP contribution < -0.4 is 10.6 Å². The minimum absolute atomic E-state index is 0.264. The molecule has 0 aliphatic rings. The van der Waals surface area contributed by atoms with Gasteiger partial charge in [0.15, 0.2) is 0 Å². The minimum atomic E-state index is -1.20. The number of thiophene rings is 1. The predicted octanol–water partition coefficient (Wildman–Crippen LogP) is 1.90. The van der Waals surface area contributed by atoms with Gasteiger partial charge in [-0.3, -0.25) is 14.9 Å². The summed E-state index contributed by atoms with van der Waals surface area (Å²) >= 11 is 1.41. The second-order valence-electron chi connectivity index (χ2n) is 4.38. The van der Waals surface area contributed by atoms with E-state index in [1.54, 1.807) is 16.8 Å². The van der Waals surface area contributed by atoms with E-state index in [2.05, 4.69) is 10.6 Å². The molecule has 1 heterocycles. The molecular formula is C11H14N2O4S. The number of rotatable bonds is 4. The van der Waals surface area contributed by atoms with Crippen molar-refractivity contribution in [3.8, 4) is 0 Å². The number of carbonyl (C=O) groups excluding carboxylic acids is 2. The zero-order valence-electron chi connectivity index (χ0n) is 10.0. The van der Waals surface area contributed by atoms with Crippen LogP contribution in [0.2, 0.25) is 0 Å². The van der Waals surface area contributed by atoms with Gasteiger partial charge in [0.25, 0.3) is 0 Å². The summed E-state index contributed by atoms with van der Waals surface area (Å²) in [4.78, 5) is 33.7. The van der Waals surface area contributed by atoms with Crippen molar-refractivity contribution in [1.29, 1.82) is 0 Å². The van der Waals surface area contributed by atoms with Gasteiger partial charge in [0.1, 0.15) is 0 Å². The van der Waals surface area contributed by atoms with E-state index in [9.17, 15) is 14.4 Å². The van der Waals surface area contributed by atoms with E-state index in [1.165, 1.54) is 25.2 Å². The van der Waals surface area contributed by atoms with Gasteiger partial charge in [-0.1, -0.05) is 0 Å². The number of carbonyl (C=O) groups is 3. The van der Waals surface area contributed by atoms with Gasteiger partial charge in [-0.15, -0.1) is 0 Å². The molecule has 0 saturated heterocycles. The SMILES string of the molecule is CC(C)(CC(=O)NC(=O)Nc1ccsc1)C(=O)O. The number of urea groups is 1. The fourth-order valence-electron chi connectivity index (χ4n) is 1.15. The topological polar surface area (TPSA) is 95.5 Å². The molecule has 0 spiro atoms. The Kier molecular flexibility index (Phi) is 4.43. The van der Waals surface area contributed by atoms with Gasteiger partial charge in [-0.05, 0) is 25.3 Å². The van der Waals surface area contributed by atoms with Crippen LogP contribution in [-0.4, -0.2) is 23.0 Å². The zero-order valence-corrected chi connectivity index (χ0v) is 10.8. The molecule has 0 bridgehead atoms. The van der Waals surface area contributed by atoms with Gasteiger partial charge in [0.05, 0.1) is 11.1 Å². The van der Waals surface area contributed by atoms with E-state index >= 15 is 0 Å². The summed E-state index contributed by atoms with van der Waals surface area (Å²) in [6.07, 6.45) is -0.264. The van der Waals surface area contributed by atoms with Crippen LogP contribution in [0.5, 0.6) is 0 Å². The molecule has 0 aliphatic carbocycles. The molecule has 6 nitrogen and oxygen atoms in total. The highest BCUT2D eigenvalue weighted by Crippen LogP contribution is 2.20. The maximum atomic E-state index is 11.5. The van der Waals surface area contributed by atoms with E-state index in [-0.39, 0.29) is 6.42 Å².